The Morgan fingerprint density at radius 1 is 0.804 bits per heavy atom. The lowest BCUT2D eigenvalue weighted by Gasteiger charge is -2.33. The fraction of sp³-hybridized carbons (Fsp3) is 0.364. The summed E-state index contributed by atoms with van der Waals surface area (Å²) < 4.78 is 12.6. The summed E-state index contributed by atoms with van der Waals surface area (Å²) in [5, 5.41) is 13.5. The van der Waals surface area contributed by atoms with Crippen LogP contribution in [0, 0.1) is 17.8 Å². The summed E-state index contributed by atoms with van der Waals surface area (Å²) in [5.74, 6) is 0.905. The van der Waals surface area contributed by atoms with Gasteiger partial charge in [0.25, 0.3) is 5.91 Å². The molecular formula is C44H52N2O5. The molecule has 1 aliphatic rings. The van der Waals surface area contributed by atoms with Crippen LogP contribution in [0.3, 0.4) is 0 Å². The maximum absolute atomic E-state index is 14.1. The molecule has 1 unspecified atom stereocenters. The van der Waals surface area contributed by atoms with Crippen LogP contribution in [0.15, 0.2) is 104 Å². The number of hydrogen-bond donors (Lipinski definition) is 2. The highest BCUT2D eigenvalue weighted by Crippen LogP contribution is 2.38. The van der Waals surface area contributed by atoms with Crippen LogP contribution in [0.25, 0.3) is 5.57 Å². The van der Waals surface area contributed by atoms with Gasteiger partial charge in [0.1, 0.15) is 30.8 Å². The van der Waals surface area contributed by atoms with Gasteiger partial charge in [0, 0.05) is 31.8 Å². The van der Waals surface area contributed by atoms with Crippen LogP contribution in [-0.4, -0.2) is 35.0 Å². The number of amides is 1. The van der Waals surface area contributed by atoms with Gasteiger partial charge >= 0.3 is 5.97 Å². The SMILES string of the molecule is C=C(C)c1cc(C(=O)N(C)Cc2ccc(CN[C@H](C(=O)O)C(C(C)C)C3CCCC3)cc2)c(OCc2ccccc2)cc1OCc1ccccc1. The van der Waals surface area contributed by atoms with Gasteiger partial charge in [-0.25, -0.2) is 0 Å². The van der Waals surface area contributed by atoms with Gasteiger partial charge in [-0.15, -0.1) is 0 Å². The van der Waals surface area contributed by atoms with E-state index in [1.165, 1.54) is 12.8 Å². The molecule has 0 saturated heterocycles. The monoisotopic (exact) mass is 688 g/mol. The molecule has 0 bridgehead atoms. The van der Waals surface area contributed by atoms with E-state index in [0.29, 0.717) is 49.3 Å². The molecule has 0 aliphatic heterocycles. The number of benzene rings is 4. The van der Waals surface area contributed by atoms with Gasteiger partial charge in [-0.1, -0.05) is 131 Å². The quantitative estimate of drug-likeness (QED) is 0.115. The maximum Gasteiger partial charge on any atom is 0.321 e. The Morgan fingerprint density at radius 2 is 1.33 bits per heavy atom. The van der Waals surface area contributed by atoms with E-state index in [4.69, 9.17) is 9.47 Å². The van der Waals surface area contributed by atoms with E-state index in [-0.39, 0.29) is 17.7 Å². The number of aliphatic carboxylic acids is 1. The van der Waals surface area contributed by atoms with Gasteiger partial charge in [-0.05, 0) is 58.6 Å². The van der Waals surface area contributed by atoms with E-state index in [1.807, 2.05) is 97.9 Å². The van der Waals surface area contributed by atoms with E-state index >= 15 is 0 Å². The summed E-state index contributed by atoms with van der Waals surface area (Å²) in [7, 11) is 1.78. The molecular weight excluding hydrogens is 636 g/mol. The number of ether oxygens (including phenoxy) is 2. The molecule has 7 heteroatoms. The summed E-state index contributed by atoms with van der Waals surface area (Å²) in [6.45, 7) is 11.9. The first-order valence-corrected chi connectivity index (χ1v) is 18.1. The Hall–Kier alpha value is -4.88. The number of nitrogens with one attached hydrogen (secondary N) is 1. The minimum Gasteiger partial charge on any atom is -0.488 e. The predicted molar refractivity (Wildman–Crippen MR) is 203 cm³/mol. The first-order chi connectivity index (χ1) is 24.6. The summed E-state index contributed by atoms with van der Waals surface area (Å²) in [6, 6.07) is 30.8. The lowest BCUT2D eigenvalue weighted by Crippen LogP contribution is -2.47. The van der Waals surface area contributed by atoms with Crippen molar-refractivity contribution >= 4 is 17.4 Å². The molecule has 1 amide bonds. The van der Waals surface area contributed by atoms with Gasteiger partial charge in [0.2, 0.25) is 0 Å². The van der Waals surface area contributed by atoms with Crippen molar-refractivity contribution in [1.82, 2.24) is 10.2 Å². The summed E-state index contributed by atoms with van der Waals surface area (Å²) >= 11 is 0. The van der Waals surface area contributed by atoms with Crippen LogP contribution in [0.1, 0.15) is 84.6 Å². The smallest absolute Gasteiger partial charge is 0.321 e. The van der Waals surface area contributed by atoms with Crippen molar-refractivity contribution in [2.75, 3.05) is 7.05 Å². The first kappa shape index (κ1) is 37.4. The number of carbonyl (C=O) groups is 2. The number of rotatable bonds is 17. The summed E-state index contributed by atoms with van der Waals surface area (Å²) in [5.41, 5.74) is 5.94. The molecule has 1 saturated carbocycles. The van der Waals surface area contributed by atoms with Gasteiger partial charge in [-0.2, -0.15) is 0 Å². The van der Waals surface area contributed by atoms with E-state index in [0.717, 1.165) is 46.2 Å². The maximum atomic E-state index is 14.1. The second-order valence-electron chi connectivity index (χ2n) is 14.2. The number of hydrogen-bond acceptors (Lipinski definition) is 5. The van der Waals surface area contributed by atoms with Gasteiger partial charge in [0.15, 0.2) is 0 Å². The molecule has 4 aromatic carbocycles. The van der Waals surface area contributed by atoms with Crippen molar-refractivity contribution in [3.8, 4) is 11.5 Å². The molecule has 1 fully saturated rings. The highest BCUT2D eigenvalue weighted by Gasteiger charge is 2.37. The number of allylic oxidation sites excluding steroid dienone is 1. The van der Waals surface area contributed by atoms with Crippen molar-refractivity contribution in [2.24, 2.45) is 17.8 Å². The van der Waals surface area contributed by atoms with E-state index in [1.54, 1.807) is 18.0 Å². The van der Waals surface area contributed by atoms with E-state index in [2.05, 4.69) is 25.7 Å². The van der Waals surface area contributed by atoms with Crippen molar-refractivity contribution in [3.05, 3.63) is 137 Å². The largest absolute Gasteiger partial charge is 0.488 e. The highest BCUT2D eigenvalue weighted by molar-refractivity contribution is 5.98. The molecule has 51 heavy (non-hydrogen) atoms. The molecule has 2 atom stereocenters. The van der Waals surface area contributed by atoms with Crippen molar-refractivity contribution < 1.29 is 24.2 Å². The van der Waals surface area contributed by atoms with E-state index in [9.17, 15) is 14.7 Å². The summed E-state index contributed by atoms with van der Waals surface area (Å²) in [6.07, 6.45) is 4.58. The standard InChI is InChI=1S/C44H52N2O5/c1-30(2)37-24-38(40(51-29-35-16-10-7-11-17-35)25-39(37)50-28-34-14-8-6-9-15-34)43(47)46(5)27-33-22-20-32(21-23-33)26-45-42(44(48)49)41(31(3)4)36-18-12-13-19-36/h6-11,14-17,20-25,31,36,41-42,45H,1,12-13,18-19,26-29H2,2-5H3,(H,48,49)/t41?,42-/m0/s1. The van der Waals surface area contributed by atoms with Crippen molar-refractivity contribution in [2.45, 2.75) is 78.8 Å². The van der Waals surface area contributed by atoms with Crippen LogP contribution in [0.2, 0.25) is 0 Å². The number of carboxylic acid groups (broad SMARTS) is 1. The number of carbonyl (C=O) groups excluding carboxylic acids is 1. The minimum atomic E-state index is -0.782. The van der Waals surface area contributed by atoms with Crippen LogP contribution < -0.4 is 14.8 Å². The molecule has 1 aliphatic carbocycles. The number of carboxylic acids is 1. The number of nitrogens with zero attached hydrogens (tertiary/aromatic N) is 1. The molecule has 2 N–H and O–H groups in total. The van der Waals surface area contributed by atoms with Gasteiger partial charge < -0.3 is 24.8 Å². The van der Waals surface area contributed by atoms with Crippen molar-refractivity contribution in [3.63, 3.8) is 0 Å². The predicted octanol–water partition coefficient (Wildman–Crippen LogP) is 9.16. The van der Waals surface area contributed by atoms with Gasteiger partial charge in [-0.3, -0.25) is 9.59 Å². The zero-order valence-electron chi connectivity index (χ0n) is 30.4. The van der Waals surface area contributed by atoms with Gasteiger partial charge in [0.05, 0.1) is 5.56 Å². The highest BCUT2D eigenvalue weighted by atomic mass is 16.5. The average Bonchev–Trinajstić information content (AvgIpc) is 3.66. The Labute approximate surface area is 303 Å². The Balaban J connectivity index is 1.30. The van der Waals surface area contributed by atoms with Crippen LogP contribution in [-0.2, 0) is 31.1 Å². The lowest BCUT2D eigenvalue weighted by molar-refractivity contribution is -0.142. The summed E-state index contributed by atoms with van der Waals surface area (Å²) in [4.78, 5) is 28.1. The fourth-order valence-corrected chi connectivity index (χ4v) is 7.24. The second-order valence-corrected chi connectivity index (χ2v) is 14.2. The minimum absolute atomic E-state index is 0.0976. The lowest BCUT2D eigenvalue weighted by atomic mass is 9.77. The molecule has 0 heterocycles. The normalized spacial score (nSPS) is 14.2. The second kappa shape index (κ2) is 17.9. The zero-order valence-corrected chi connectivity index (χ0v) is 30.4. The average molecular weight is 689 g/mol. The molecule has 0 spiro atoms. The Morgan fingerprint density at radius 3 is 1.84 bits per heavy atom. The third-order valence-electron chi connectivity index (χ3n) is 9.93. The molecule has 4 aromatic rings. The van der Waals surface area contributed by atoms with E-state index < -0.39 is 12.0 Å². The van der Waals surface area contributed by atoms with Crippen LogP contribution in [0.5, 0.6) is 11.5 Å². The third-order valence-corrected chi connectivity index (χ3v) is 9.93. The topological polar surface area (TPSA) is 88.1 Å². The fourth-order valence-electron chi connectivity index (χ4n) is 7.24. The van der Waals surface area contributed by atoms with Crippen LogP contribution in [0.4, 0.5) is 0 Å². The van der Waals surface area contributed by atoms with Crippen molar-refractivity contribution in [1.29, 1.82) is 0 Å². The Bertz CT molecular complexity index is 1750. The molecule has 7 nitrogen and oxygen atoms in total. The van der Waals surface area contributed by atoms with Crippen LogP contribution >= 0.6 is 0 Å². The molecule has 0 radical (unpaired) electrons. The Kier molecular flexibility index (Phi) is 13.1. The molecule has 268 valence electrons. The molecule has 5 rings (SSSR count). The third kappa shape index (κ3) is 10.1. The molecule has 0 aromatic heterocycles. The first-order valence-electron chi connectivity index (χ1n) is 18.1. The zero-order chi connectivity index (χ0) is 36.3.